The Kier molecular flexibility index (Phi) is 8.42. The summed E-state index contributed by atoms with van der Waals surface area (Å²) in [5.74, 6) is 5.84. The number of primary amides is 1. The Morgan fingerprint density at radius 1 is 1.09 bits per heavy atom. The highest BCUT2D eigenvalue weighted by Gasteiger charge is 2.58. The minimum Gasteiger partial charge on any atom is -0.453 e. The average Bonchev–Trinajstić information content (AvgIpc) is 3.10. The third-order valence-corrected chi connectivity index (χ3v) is 10.4. The van der Waals surface area contributed by atoms with Gasteiger partial charge in [0.1, 0.15) is 0 Å². The van der Waals surface area contributed by atoms with Crippen LogP contribution in [-0.4, -0.2) is 13.2 Å². The standard InChI is InChI=1S/C27H46.C2H5NO2/c1-19(2)9-8-10-20(3)23-14-15-24-22-13-12-21-11-6-7-17-26(21,4)25(22)16-18-27(23,24)5;1-5-2(3)4/h12,19-20,22-25H,6-11,13-18H2,1-5H3;1H3,(H2,3,4)/t20?,22?,23?,24?,25?,26-,27?;/m0./s1. The molecule has 6 unspecified atom stereocenters. The molecule has 7 atom stereocenters. The minimum absolute atomic E-state index is 0.573. The van der Waals surface area contributed by atoms with E-state index >= 15 is 0 Å². The van der Waals surface area contributed by atoms with Gasteiger partial charge in [-0.1, -0.05) is 72.0 Å². The predicted octanol–water partition coefficient (Wildman–Crippen LogP) is 8.13. The number of ether oxygens (including phenoxy) is 1. The molecule has 0 aromatic carbocycles. The molecule has 0 radical (unpaired) electrons. The van der Waals surface area contributed by atoms with Crippen LogP contribution in [0, 0.1) is 46.3 Å². The maximum Gasteiger partial charge on any atom is 0.404 e. The molecule has 3 fully saturated rings. The fraction of sp³-hybridized carbons (Fsp3) is 0.897. The van der Waals surface area contributed by atoms with Gasteiger partial charge in [-0.15, -0.1) is 0 Å². The Morgan fingerprint density at radius 2 is 1.81 bits per heavy atom. The van der Waals surface area contributed by atoms with Crippen molar-refractivity contribution in [3.63, 3.8) is 0 Å². The van der Waals surface area contributed by atoms with Crippen LogP contribution in [0.25, 0.3) is 0 Å². The van der Waals surface area contributed by atoms with Crippen molar-refractivity contribution in [1.29, 1.82) is 0 Å². The van der Waals surface area contributed by atoms with Gasteiger partial charge in [-0.25, -0.2) is 4.79 Å². The van der Waals surface area contributed by atoms with Gasteiger partial charge in [0, 0.05) is 0 Å². The van der Waals surface area contributed by atoms with E-state index in [2.05, 4.69) is 51.2 Å². The van der Waals surface area contributed by atoms with E-state index in [-0.39, 0.29) is 0 Å². The summed E-state index contributed by atoms with van der Waals surface area (Å²) in [6.45, 7) is 12.8. The Balaban J connectivity index is 0.000000523. The Bertz CT molecular complexity index is 670. The second kappa shape index (κ2) is 10.5. The summed E-state index contributed by atoms with van der Waals surface area (Å²) >= 11 is 0. The maximum atomic E-state index is 9.37. The third kappa shape index (κ3) is 5.07. The molecule has 1 amide bonds. The molecule has 32 heavy (non-hydrogen) atoms. The first-order chi connectivity index (χ1) is 15.1. The monoisotopic (exact) mass is 445 g/mol. The molecule has 0 heterocycles. The van der Waals surface area contributed by atoms with E-state index in [0.29, 0.717) is 10.8 Å². The van der Waals surface area contributed by atoms with E-state index in [1.807, 2.05) is 5.57 Å². The average molecular weight is 446 g/mol. The van der Waals surface area contributed by atoms with Crippen molar-refractivity contribution >= 4 is 6.09 Å². The zero-order chi connectivity index (χ0) is 23.5. The molecule has 0 bridgehead atoms. The van der Waals surface area contributed by atoms with E-state index in [9.17, 15) is 4.79 Å². The fourth-order valence-electron chi connectivity index (χ4n) is 8.72. The first-order valence-electron chi connectivity index (χ1n) is 13.7. The van der Waals surface area contributed by atoms with Crippen LogP contribution in [0.2, 0.25) is 0 Å². The fourth-order valence-corrected chi connectivity index (χ4v) is 8.72. The molecular formula is C29H51NO2. The summed E-state index contributed by atoms with van der Waals surface area (Å²) < 4.78 is 3.89. The van der Waals surface area contributed by atoms with Crippen LogP contribution in [-0.2, 0) is 4.74 Å². The number of allylic oxidation sites excluding steroid dienone is 2. The summed E-state index contributed by atoms with van der Waals surface area (Å²) in [6, 6.07) is 0. The van der Waals surface area contributed by atoms with Gasteiger partial charge in [0.05, 0.1) is 7.11 Å². The number of hydrogen-bond donors (Lipinski definition) is 1. The van der Waals surface area contributed by atoms with Gasteiger partial charge in [-0.05, 0) is 97.7 Å². The summed E-state index contributed by atoms with van der Waals surface area (Å²) in [6.07, 6.45) is 19.7. The molecule has 4 aliphatic rings. The van der Waals surface area contributed by atoms with Crippen molar-refractivity contribution in [3.05, 3.63) is 11.6 Å². The van der Waals surface area contributed by atoms with Crippen molar-refractivity contribution in [2.75, 3.05) is 7.11 Å². The number of nitrogens with two attached hydrogens (primary N) is 1. The highest BCUT2D eigenvalue weighted by atomic mass is 16.5. The summed E-state index contributed by atoms with van der Waals surface area (Å²) in [5.41, 5.74) is 7.52. The number of carbonyl (C=O) groups is 1. The molecule has 2 N–H and O–H groups in total. The normalized spacial score (nSPS) is 39.0. The van der Waals surface area contributed by atoms with Gasteiger partial charge in [-0.3, -0.25) is 0 Å². The van der Waals surface area contributed by atoms with E-state index in [1.165, 1.54) is 84.2 Å². The van der Waals surface area contributed by atoms with Crippen LogP contribution < -0.4 is 5.73 Å². The van der Waals surface area contributed by atoms with Crippen molar-refractivity contribution in [3.8, 4) is 0 Å². The number of methoxy groups -OCH3 is 1. The maximum absolute atomic E-state index is 9.37. The summed E-state index contributed by atoms with van der Waals surface area (Å²) in [7, 11) is 1.22. The highest BCUT2D eigenvalue weighted by molar-refractivity contribution is 5.64. The minimum atomic E-state index is -0.745. The largest absolute Gasteiger partial charge is 0.453 e. The second-order valence-electron chi connectivity index (χ2n) is 12.5. The molecular weight excluding hydrogens is 394 g/mol. The molecule has 0 aliphatic heterocycles. The molecule has 4 rings (SSSR count). The number of hydrogen-bond acceptors (Lipinski definition) is 2. The zero-order valence-electron chi connectivity index (χ0n) is 21.9. The van der Waals surface area contributed by atoms with Crippen LogP contribution >= 0.6 is 0 Å². The molecule has 184 valence electrons. The molecule has 3 nitrogen and oxygen atoms in total. The third-order valence-electron chi connectivity index (χ3n) is 10.4. The second-order valence-corrected chi connectivity index (χ2v) is 12.5. The van der Waals surface area contributed by atoms with E-state index in [1.54, 1.807) is 0 Å². The number of fused-ring (bicyclic) bond motifs is 5. The summed E-state index contributed by atoms with van der Waals surface area (Å²) in [4.78, 5) is 9.37. The lowest BCUT2D eigenvalue weighted by atomic mass is 9.47. The van der Waals surface area contributed by atoms with Crippen LogP contribution in [0.4, 0.5) is 4.79 Å². The van der Waals surface area contributed by atoms with Gasteiger partial charge in [0.25, 0.3) is 0 Å². The first kappa shape index (κ1) is 25.6. The molecule has 3 heteroatoms. The van der Waals surface area contributed by atoms with Crippen LogP contribution in [0.5, 0.6) is 0 Å². The van der Waals surface area contributed by atoms with Crippen molar-refractivity contribution in [2.24, 2.45) is 52.1 Å². The van der Waals surface area contributed by atoms with Gasteiger partial charge in [-0.2, -0.15) is 0 Å². The van der Waals surface area contributed by atoms with Crippen molar-refractivity contribution in [2.45, 2.75) is 112 Å². The molecule has 4 aliphatic carbocycles. The van der Waals surface area contributed by atoms with Crippen LogP contribution in [0.1, 0.15) is 112 Å². The smallest absolute Gasteiger partial charge is 0.404 e. The lowest BCUT2D eigenvalue weighted by molar-refractivity contribution is -0.0500. The molecule has 0 spiro atoms. The number of rotatable bonds is 5. The zero-order valence-corrected chi connectivity index (χ0v) is 21.9. The van der Waals surface area contributed by atoms with E-state index in [4.69, 9.17) is 0 Å². The van der Waals surface area contributed by atoms with Gasteiger partial charge < -0.3 is 10.5 Å². The van der Waals surface area contributed by atoms with Gasteiger partial charge in [0.15, 0.2) is 0 Å². The molecule has 0 saturated heterocycles. The molecule has 3 saturated carbocycles. The summed E-state index contributed by atoms with van der Waals surface area (Å²) in [5, 5.41) is 0. The Hall–Kier alpha value is -0.990. The Morgan fingerprint density at radius 3 is 2.47 bits per heavy atom. The van der Waals surface area contributed by atoms with Crippen molar-refractivity contribution < 1.29 is 9.53 Å². The lowest BCUT2D eigenvalue weighted by Gasteiger charge is -2.58. The highest BCUT2D eigenvalue weighted by Crippen LogP contribution is 2.67. The number of amides is 1. The van der Waals surface area contributed by atoms with Crippen molar-refractivity contribution in [1.82, 2.24) is 0 Å². The van der Waals surface area contributed by atoms with Crippen LogP contribution in [0.3, 0.4) is 0 Å². The SMILES string of the molecule is CC(C)CCCC(C)C1CCC2C3CC=C4CCCC[C@]4(C)C3CCC12C.COC(N)=O. The van der Waals surface area contributed by atoms with E-state index < -0.39 is 6.09 Å². The molecule has 0 aromatic rings. The van der Waals surface area contributed by atoms with E-state index in [0.717, 1.165) is 35.5 Å². The molecule has 0 aromatic heterocycles. The van der Waals surface area contributed by atoms with Gasteiger partial charge >= 0.3 is 6.09 Å². The quantitative estimate of drug-likeness (QED) is 0.434. The lowest BCUT2D eigenvalue weighted by Crippen LogP contribution is -2.50. The number of carbonyl (C=O) groups excluding carboxylic acids is 1. The first-order valence-corrected chi connectivity index (χ1v) is 13.7. The topological polar surface area (TPSA) is 52.3 Å². The van der Waals surface area contributed by atoms with Gasteiger partial charge in [0.2, 0.25) is 0 Å². The van der Waals surface area contributed by atoms with Crippen LogP contribution in [0.15, 0.2) is 11.6 Å². The Labute approximate surface area is 198 Å². The predicted molar refractivity (Wildman–Crippen MR) is 134 cm³/mol.